The van der Waals surface area contributed by atoms with Crippen LogP contribution < -0.4 is 4.74 Å². The molecule has 116 valence electrons. The monoisotopic (exact) mass is 315 g/mol. The summed E-state index contributed by atoms with van der Waals surface area (Å²) >= 11 is 0. The molecular formula is C18H21NO2S. The molecule has 0 spiro atoms. The number of nitrogens with zero attached hydrogens (tertiary/aromatic N) is 1. The van der Waals surface area contributed by atoms with Gasteiger partial charge in [-0.1, -0.05) is 24.3 Å². The van der Waals surface area contributed by atoms with Gasteiger partial charge < -0.3 is 4.74 Å². The lowest BCUT2D eigenvalue weighted by molar-refractivity contribution is 0.223. The highest BCUT2D eigenvalue weighted by molar-refractivity contribution is 7.85. The third-order valence-electron chi connectivity index (χ3n) is 3.68. The van der Waals surface area contributed by atoms with E-state index in [2.05, 4.69) is 28.7 Å². The van der Waals surface area contributed by atoms with Crippen LogP contribution in [0.15, 0.2) is 40.8 Å². The Labute approximate surface area is 134 Å². The molecule has 0 N–H and O–H groups in total. The molecule has 1 aliphatic heterocycles. The van der Waals surface area contributed by atoms with E-state index in [1.807, 2.05) is 39.8 Å². The van der Waals surface area contributed by atoms with Crippen molar-refractivity contribution in [2.45, 2.75) is 45.0 Å². The number of rotatable bonds is 1. The lowest BCUT2D eigenvalue weighted by atomic mass is 9.97. The Kier molecular flexibility index (Phi) is 3.81. The summed E-state index contributed by atoms with van der Waals surface area (Å²) in [5.74, 6) is 0.835. The normalized spacial score (nSPS) is 21.5. The van der Waals surface area contributed by atoms with Gasteiger partial charge in [0.05, 0.1) is 10.5 Å². The van der Waals surface area contributed by atoms with Crippen molar-refractivity contribution in [1.29, 1.82) is 0 Å². The average Bonchev–Trinajstić information content (AvgIpc) is 2.44. The van der Waals surface area contributed by atoms with Crippen LogP contribution in [0.1, 0.15) is 39.7 Å². The van der Waals surface area contributed by atoms with Crippen molar-refractivity contribution in [3.8, 4) is 5.75 Å². The van der Waals surface area contributed by atoms with Gasteiger partial charge in [0, 0.05) is 12.0 Å². The summed E-state index contributed by atoms with van der Waals surface area (Å²) in [5, 5.41) is 2.29. The summed E-state index contributed by atoms with van der Waals surface area (Å²) in [6.45, 7) is 7.85. The quantitative estimate of drug-likeness (QED) is 0.788. The molecule has 0 amide bonds. The molecule has 0 radical (unpaired) electrons. The molecule has 0 saturated carbocycles. The first-order chi connectivity index (χ1) is 10.3. The van der Waals surface area contributed by atoms with E-state index in [0.29, 0.717) is 6.42 Å². The van der Waals surface area contributed by atoms with E-state index < -0.39 is 11.0 Å². The van der Waals surface area contributed by atoms with Crippen LogP contribution >= 0.6 is 0 Å². The summed E-state index contributed by atoms with van der Waals surface area (Å²) in [5.41, 5.74) is 1.85. The van der Waals surface area contributed by atoms with Gasteiger partial charge in [0.1, 0.15) is 22.8 Å². The number of hydrogen-bond acceptors (Lipinski definition) is 2. The Balaban J connectivity index is 2.14. The lowest BCUT2D eigenvalue weighted by Gasteiger charge is -2.26. The lowest BCUT2D eigenvalue weighted by Crippen LogP contribution is -2.27. The minimum absolute atomic E-state index is 0.0457. The zero-order valence-corrected chi connectivity index (χ0v) is 14.2. The van der Waals surface area contributed by atoms with Crippen LogP contribution in [0.5, 0.6) is 5.75 Å². The van der Waals surface area contributed by atoms with Crippen molar-refractivity contribution in [2.75, 3.05) is 0 Å². The molecule has 0 aromatic heterocycles. The van der Waals surface area contributed by atoms with E-state index in [1.165, 1.54) is 0 Å². The average molecular weight is 315 g/mol. The zero-order chi connectivity index (χ0) is 15.9. The fraction of sp³-hybridized carbons (Fsp3) is 0.389. The van der Waals surface area contributed by atoms with Gasteiger partial charge in [0.2, 0.25) is 0 Å². The third-order valence-corrected chi connectivity index (χ3v) is 5.12. The fourth-order valence-corrected chi connectivity index (χ4v) is 3.15. The topological polar surface area (TPSA) is 38.7 Å². The van der Waals surface area contributed by atoms with Gasteiger partial charge >= 0.3 is 0 Å². The summed E-state index contributed by atoms with van der Waals surface area (Å²) in [6.07, 6.45) is 0.733. The van der Waals surface area contributed by atoms with E-state index in [-0.39, 0.29) is 10.9 Å². The minimum atomic E-state index is -1.26. The zero-order valence-electron chi connectivity index (χ0n) is 13.4. The standard InChI is InChI=1S/C18H21NO2S/c1-12-9-16(19-22(20)18(2,3)4)15-10-13-7-5-6-8-14(13)11-17(15)21-12/h5-8,10-12H,9H2,1-4H3/b19-16+/t12-,22-/m0/s1. The molecule has 1 heterocycles. The van der Waals surface area contributed by atoms with Crippen LogP contribution in [-0.4, -0.2) is 20.8 Å². The van der Waals surface area contributed by atoms with Crippen LogP contribution in [0.25, 0.3) is 10.8 Å². The van der Waals surface area contributed by atoms with Crippen molar-refractivity contribution in [1.82, 2.24) is 0 Å². The van der Waals surface area contributed by atoms with Crippen molar-refractivity contribution in [2.24, 2.45) is 4.40 Å². The molecule has 1 aliphatic rings. The Bertz CT molecular complexity index is 774. The first-order valence-electron chi connectivity index (χ1n) is 7.54. The van der Waals surface area contributed by atoms with Gasteiger partial charge in [0.25, 0.3) is 0 Å². The molecule has 2 aromatic carbocycles. The summed E-state index contributed by atoms with van der Waals surface area (Å²) in [7, 11) is -1.26. The number of benzene rings is 2. The van der Waals surface area contributed by atoms with E-state index in [0.717, 1.165) is 27.8 Å². The van der Waals surface area contributed by atoms with E-state index in [4.69, 9.17) is 4.74 Å². The first-order valence-corrected chi connectivity index (χ1v) is 8.64. The van der Waals surface area contributed by atoms with Gasteiger partial charge in [0.15, 0.2) is 0 Å². The molecular weight excluding hydrogens is 294 g/mol. The van der Waals surface area contributed by atoms with Gasteiger partial charge in [-0.2, -0.15) is 4.40 Å². The second kappa shape index (κ2) is 5.51. The summed E-state index contributed by atoms with van der Waals surface area (Å²) in [4.78, 5) is 0. The molecule has 0 unspecified atom stereocenters. The summed E-state index contributed by atoms with van der Waals surface area (Å²) < 4.78 is 22.5. The maximum Gasteiger partial charge on any atom is 0.145 e. The molecule has 0 saturated heterocycles. The smallest absolute Gasteiger partial charge is 0.145 e. The molecule has 3 nitrogen and oxygen atoms in total. The predicted octanol–water partition coefficient (Wildman–Crippen LogP) is 4.26. The Morgan fingerprint density at radius 1 is 1.18 bits per heavy atom. The Morgan fingerprint density at radius 2 is 1.82 bits per heavy atom. The SMILES string of the molecule is C[C@H]1C/C(=N\[S@@](=O)C(C)(C)C)c2cc3ccccc3cc2O1. The highest BCUT2D eigenvalue weighted by Crippen LogP contribution is 2.33. The van der Waals surface area contributed by atoms with Crippen LogP contribution in [0.3, 0.4) is 0 Å². The highest BCUT2D eigenvalue weighted by Gasteiger charge is 2.26. The second-order valence-electron chi connectivity index (χ2n) is 6.73. The molecule has 22 heavy (non-hydrogen) atoms. The number of hydrogen-bond donors (Lipinski definition) is 0. The van der Waals surface area contributed by atoms with Crippen molar-refractivity contribution >= 4 is 27.5 Å². The fourth-order valence-electron chi connectivity index (χ4n) is 2.51. The van der Waals surface area contributed by atoms with Crippen LogP contribution in [0.4, 0.5) is 0 Å². The minimum Gasteiger partial charge on any atom is -0.490 e. The first kappa shape index (κ1) is 15.2. The molecule has 2 atom stereocenters. The molecule has 0 bridgehead atoms. The molecule has 3 rings (SSSR count). The van der Waals surface area contributed by atoms with Gasteiger partial charge in [-0.25, -0.2) is 4.21 Å². The van der Waals surface area contributed by atoms with Gasteiger partial charge in [-0.3, -0.25) is 0 Å². The molecule has 2 aromatic rings. The molecule has 0 fully saturated rings. The van der Waals surface area contributed by atoms with Crippen LogP contribution in [0, 0.1) is 0 Å². The van der Waals surface area contributed by atoms with E-state index in [1.54, 1.807) is 0 Å². The Hall–Kier alpha value is -1.68. The summed E-state index contributed by atoms with van der Waals surface area (Å²) in [6, 6.07) is 12.3. The van der Waals surface area contributed by atoms with Crippen LogP contribution in [-0.2, 0) is 11.0 Å². The van der Waals surface area contributed by atoms with Gasteiger partial charge in [-0.05, 0) is 50.6 Å². The van der Waals surface area contributed by atoms with E-state index in [9.17, 15) is 4.21 Å². The maximum atomic E-state index is 12.4. The third kappa shape index (κ3) is 2.93. The predicted molar refractivity (Wildman–Crippen MR) is 93.1 cm³/mol. The van der Waals surface area contributed by atoms with Crippen molar-refractivity contribution in [3.63, 3.8) is 0 Å². The van der Waals surface area contributed by atoms with Crippen LogP contribution in [0.2, 0.25) is 0 Å². The molecule has 0 aliphatic carbocycles. The van der Waals surface area contributed by atoms with Crippen molar-refractivity contribution in [3.05, 3.63) is 42.0 Å². The second-order valence-corrected chi connectivity index (χ2v) is 8.63. The molecule has 4 heteroatoms. The largest absolute Gasteiger partial charge is 0.490 e. The van der Waals surface area contributed by atoms with Crippen molar-refractivity contribution < 1.29 is 8.95 Å². The highest BCUT2D eigenvalue weighted by atomic mass is 32.2. The van der Waals surface area contributed by atoms with E-state index >= 15 is 0 Å². The number of fused-ring (bicyclic) bond motifs is 2. The number of ether oxygens (including phenoxy) is 1. The van der Waals surface area contributed by atoms with Gasteiger partial charge in [-0.15, -0.1) is 0 Å². The maximum absolute atomic E-state index is 12.4. The Morgan fingerprint density at radius 3 is 2.45 bits per heavy atom.